The first-order valence-corrected chi connectivity index (χ1v) is 7.99. The Morgan fingerprint density at radius 2 is 1.71 bits per heavy atom. The highest BCUT2D eigenvalue weighted by atomic mass is 19.1. The SMILES string of the molecule is CCCCCCCCCCNC(=O)c1cccc(F)c1N. The summed E-state index contributed by atoms with van der Waals surface area (Å²) in [6, 6.07) is 4.29. The summed E-state index contributed by atoms with van der Waals surface area (Å²) in [4.78, 5) is 11.9. The van der Waals surface area contributed by atoms with Gasteiger partial charge in [-0.05, 0) is 18.6 Å². The van der Waals surface area contributed by atoms with Crippen LogP contribution in [0.2, 0.25) is 0 Å². The van der Waals surface area contributed by atoms with Gasteiger partial charge in [-0.15, -0.1) is 0 Å². The molecule has 3 nitrogen and oxygen atoms in total. The van der Waals surface area contributed by atoms with Gasteiger partial charge < -0.3 is 11.1 Å². The van der Waals surface area contributed by atoms with Crippen LogP contribution in [-0.2, 0) is 0 Å². The molecule has 0 saturated carbocycles. The van der Waals surface area contributed by atoms with Gasteiger partial charge >= 0.3 is 0 Å². The van der Waals surface area contributed by atoms with Crippen LogP contribution >= 0.6 is 0 Å². The van der Waals surface area contributed by atoms with Crippen molar-refractivity contribution < 1.29 is 9.18 Å². The lowest BCUT2D eigenvalue weighted by atomic mass is 10.1. The molecule has 0 unspecified atom stereocenters. The van der Waals surface area contributed by atoms with Crippen molar-refractivity contribution in [2.75, 3.05) is 12.3 Å². The average molecular weight is 294 g/mol. The lowest BCUT2D eigenvalue weighted by Crippen LogP contribution is -2.25. The Morgan fingerprint density at radius 1 is 1.10 bits per heavy atom. The first kappa shape index (κ1) is 17.5. The Labute approximate surface area is 127 Å². The average Bonchev–Trinajstić information content (AvgIpc) is 2.48. The van der Waals surface area contributed by atoms with Crippen molar-refractivity contribution in [1.29, 1.82) is 0 Å². The molecule has 0 heterocycles. The van der Waals surface area contributed by atoms with Crippen LogP contribution in [0.25, 0.3) is 0 Å². The molecule has 0 atom stereocenters. The standard InChI is InChI=1S/C17H27FN2O/c1-2-3-4-5-6-7-8-9-13-20-17(21)14-11-10-12-15(18)16(14)19/h10-12H,2-9,13,19H2,1H3,(H,20,21). The van der Waals surface area contributed by atoms with E-state index in [-0.39, 0.29) is 17.2 Å². The maximum absolute atomic E-state index is 13.3. The maximum atomic E-state index is 13.3. The second-order valence-electron chi connectivity index (χ2n) is 5.43. The summed E-state index contributed by atoms with van der Waals surface area (Å²) in [6.45, 7) is 2.83. The number of anilines is 1. The number of halogens is 1. The van der Waals surface area contributed by atoms with Crippen molar-refractivity contribution in [2.24, 2.45) is 0 Å². The minimum Gasteiger partial charge on any atom is -0.396 e. The molecular formula is C17H27FN2O. The van der Waals surface area contributed by atoms with Crippen molar-refractivity contribution in [3.8, 4) is 0 Å². The number of rotatable bonds is 10. The molecule has 4 heteroatoms. The third kappa shape index (κ3) is 6.61. The van der Waals surface area contributed by atoms with Gasteiger partial charge in [0.05, 0.1) is 11.3 Å². The van der Waals surface area contributed by atoms with Crippen LogP contribution in [0.15, 0.2) is 18.2 Å². The monoisotopic (exact) mass is 294 g/mol. The lowest BCUT2D eigenvalue weighted by Gasteiger charge is -2.08. The second kappa shape index (κ2) is 10.2. The summed E-state index contributed by atoms with van der Waals surface area (Å²) < 4.78 is 13.3. The lowest BCUT2D eigenvalue weighted by molar-refractivity contribution is 0.0953. The molecule has 0 radical (unpaired) electrons. The topological polar surface area (TPSA) is 55.1 Å². The number of nitrogens with one attached hydrogen (secondary N) is 1. The zero-order valence-electron chi connectivity index (χ0n) is 13.0. The number of unbranched alkanes of at least 4 members (excludes halogenated alkanes) is 7. The fourth-order valence-corrected chi connectivity index (χ4v) is 2.29. The number of hydrogen-bond donors (Lipinski definition) is 2. The van der Waals surface area contributed by atoms with E-state index in [0.717, 1.165) is 12.8 Å². The molecule has 0 aromatic heterocycles. The zero-order valence-corrected chi connectivity index (χ0v) is 13.0. The van der Waals surface area contributed by atoms with E-state index in [4.69, 9.17) is 5.73 Å². The van der Waals surface area contributed by atoms with Crippen LogP contribution in [0, 0.1) is 5.82 Å². The molecule has 0 aliphatic carbocycles. The molecule has 3 N–H and O–H groups in total. The summed E-state index contributed by atoms with van der Waals surface area (Å²) in [7, 11) is 0. The smallest absolute Gasteiger partial charge is 0.253 e. The largest absolute Gasteiger partial charge is 0.396 e. The predicted octanol–water partition coefficient (Wildman–Crippen LogP) is 4.28. The number of benzene rings is 1. The minimum atomic E-state index is -0.547. The molecule has 1 aromatic carbocycles. The Bertz CT molecular complexity index is 435. The van der Waals surface area contributed by atoms with E-state index in [1.165, 1.54) is 50.7 Å². The number of hydrogen-bond acceptors (Lipinski definition) is 2. The third-order valence-electron chi connectivity index (χ3n) is 3.61. The highest BCUT2D eigenvalue weighted by Gasteiger charge is 2.11. The molecule has 1 amide bonds. The molecule has 1 rings (SSSR count). The number of nitrogens with two attached hydrogens (primary N) is 1. The number of carbonyl (C=O) groups is 1. The van der Waals surface area contributed by atoms with Crippen LogP contribution in [0.1, 0.15) is 68.6 Å². The molecule has 0 aliphatic rings. The minimum absolute atomic E-state index is 0.0778. The predicted molar refractivity (Wildman–Crippen MR) is 85.8 cm³/mol. The molecule has 0 fully saturated rings. The van der Waals surface area contributed by atoms with Gasteiger partial charge in [-0.25, -0.2) is 4.39 Å². The fraction of sp³-hybridized carbons (Fsp3) is 0.588. The maximum Gasteiger partial charge on any atom is 0.253 e. The molecule has 0 aliphatic heterocycles. The van der Waals surface area contributed by atoms with Gasteiger partial charge in [0.2, 0.25) is 0 Å². The van der Waals surface area contributed by atoms with Gasteiger partial charge in [-0.3, -0.25) is 4.79 Å². The van der Waals surface area contributed by atoms with Gasteiger partial charge in [0.15, 0.2) is 0 Å². The molecule has 0 saturated heterocycles. The zero-order chi connectivity index (χ0) is 15.5. The Balaban J connectivity index is 2.13. The highest BCUT2D eigenvalue weighted by molar-refractivity contribution is 5.99. The molecule has 118 valence electrons. The van der Waals surface area contributed by atoms with E-state index in [0.29, 0.717) is 6.54 Å². The van der Waals surface area contributed by atoms with Gasteiger partial charge in [0.1, 0.15) is 5.82 Å². The highest BCUT2D eigenvalue weighted by Crippen LogP contribution is 2.15. The van der Waals surface area contributed by atoms with Gasteiger partial charge in [-0.1, -0.05) is 57.9 Å². The van der Waals surface area contributed by atoms with Crippen molar-refractivity contribution in [2.45, 2.75) is 58.3 Å². The van der Waals surface area contributed by atoms with E-state index in [1.807, 2.05) is 0 Å². The molecular weight excluding hydrogens is 267 g/mol. The number of carbonyl (C=O) groups excluding carboxylic acids is 1. The molecule has 1 aromatic rings. The van der Waals surface area contributed by atoms with Crippen LogP contribution in [-0.4, -0.2) is 12.5 Å². The van der Waals surface area contributed by atoms with E-state index >= 15 is 0 Å². The number of amides is 1. The summed E-state index contributed by atoms with van der Waals surface area (Å²) in [5, 5.41) is 2.79. The van der Waals surface area contributed by atoms with Crippen molar-refractivity contribution in [3.63, 3.8) is 0 Å². The summed E-state index contributed by atoms with van der Waals surface area (Å²) in [5.74, 6) is -0.843. The Hall–Kier alpha value is -1.58. The quantitative estimate of drug-likeness (QED) is 0.500. The first-order chi connectivity index (χ1) is 10.2. The summed E-state index contributed by atoms with van der Waals surface area (Å²) in [5.41, 5.74) is 5.70. The Kier molecular flexibility index (Phi) is 8.48. The van der Waals surface area contributed by atoms with Crippen molar-refractivity contribution in [3.05, 3.63) is 29.6 Å². The van der Waals surface area contributed by atoms with Gasteiger partial charge in [-0.2, -0.15) is 0 Å². The fourth-order valence-electron chi connectivity index (χ4n) is 2.29. The van der Waals surface area contributed by atoms with E-state index in [1.54, 1.807) is 6.07 Å². The summed E-state index contributed by atoms with van der Waals surface area (Å²) >= 11 is 0. The van der Waals surface area contributed by atoms with Gasteiger partial charge in [0.25, 0.3) is 5.91 Å². The van der Waals surface area contributed by atoms with Crippen molar-refractivity contribution in [1.82, 2.24) is 5.32 Å². The molecule has 0 spiro atoms. The molecule has 21 heavy (non-hydrogen) atoms. The first-order valence-electron chi connectivity index (χ1n) is 7.99. The van der Waals surface area contributed by atoms with Gasteiger partial charge in [0, 0.05) is 6.54 Å². The van der Waals surface area contributed by atoms with E-state index < -0.39 is 5.82 Å². The van der Waals surface area contributed by atoms with Crippen LogP contribution < -0.4 is 11.1 Å². The second-order valence-corrected chi connectivity index (χ2v) is 5.43. The van der Waals surface area contributed by atoms with Crippen molar-refractivity contribution >= 4 is 11.6 Å². The summed E-state index contributed by atoms with van der Waals surface area (Å²) in [6.07, 6.45) is 9.78. The molecule has 0 bridgehead atoms. The van der Waals surface area contributed by atoms with Crippen LogP contribution in [0.3, 0.4) is 0 Å². The van der Waals surface area contributed by atoms with E-state index in [2.05, 4.69) is 12.2 Å². The van der Waals surface area contributed by atoms with Crippen LogP contribution in [0.5, 0.6) is 0 Å². The Morgan fingerprint density at radius 3 is 2.38 bits per heavy atom. The van der Waals surface area contributed by atoms with E-state index in [9.17, 15) is 9.18 Å². The number of para-hydroxylation sites is 1. The third-order valence-corrected chi connectivity index (χ3v) is 3.61. The number of nitrogen functional groups attached to an aromatic ring is 1. The van der Waals surface area contributed by atoms with Crippen LogP contribution in [0.4, 0.5) is 10.1 Å². The normalized spacial score (nSPS) is 10.6.